The quantitative estimate of drug-likeness (QED) is 0.848. The predicted octanol–water partition coefficient (Wildman–Crippen LogP) is 3.45. The largest absolute Gasteiger partial charge is 0.370 e. The van der Waals surface area contributed by atoms with E-state index in [0.29, 0.717) is 0 Å². The van der Waals surface area contributed by atoms with Gasteiger partial charge >= 0.3 is 0 Å². The van der Waals surface area contributed by atoms with E-state index in [-0.39, 0.29) is 0 Å². The first-order valence-corrected chi connectivity index (χ1v) is 7.53. The molecule has 0 saturated heterocycles. The molecular formula is C14H20N4S. The molecule has 0 bridgehead atoms. The molecule has 4 nitrogen and oxygen atoms in total. The van der Waals surface area contributed by atoms with Gasteiger partial charge in [0.15, 0.2) is 0 Å². The average molecular weight is 276 g/mol. The molecule has 0 aliphatic rings. The second-order valence-electron chi connectivity index (χ2n) is 4.37. The van der Waals surface area contributed by atoms with Crippen LogP contribution in [0.4, 0.5) is 11.6 Å². The Hall–Kier alpha value is -1.62. The first-order valence-electron chi connectivity index (χ1n) is 6.59. The van der Waals surface area contributed by atoms with E-state index in [1.807, 2.05) is 0 Å². The number of nitrogens with zero attached hydrogens (tertiary/aromatic N) is 2. The Kier molecular flexibility index (Phi) is 4.74. The standard InChI is InChI=1S/C14H20N4S/c1-4-12-13(15-5-2)17-9-18-14(12)16-6-11-8-19-7-10(11)3/h7-9H,4-6H2,1-3H3,(H2,15,16,17,18). The summed E-state index contributed by atoms with van der Waals surface area (Å²) in [7, 11) is 0. The maximum atomic E-state index is 4.36. The van der Waals surface area contributed by atoms with Crippen molar-refractivity contribution in [1.82, 2.24) is 9.97 Å². The molecule has 0 aliphatic heterocycles. The minimum atomic E-state index is 0.810. The first kappa shape index (κ1) is 13.8. The van der Waals surface area contributed by atoms with Crippen molar-refractivity contribution in [2.75, 3.05) is 17.2 Å². The maximum absolute atomic E-state index is 4.36. The van der Waals surface area contributed by atoms with Crippen LogP contribution in [-0.2, 0) is 13.0 Å². The smallest absolute Gasteiger partial charge is 0.134 e. The van der Waals surface area contributed by atoms with Crippen molar-refractivity contribution < 1.29 is 0 Å². The second kappa shape index (κ2) is 6.52. The monoisotopic (exact) mass is 276 g/mol. The Balaban J connectivity index is 2.15. The van der Waals surface area contributed by atoms with Gasteiger partial charge in [-0.25, -0.2) is 9.97 Å². The summed E-state index contributed by atoms with van der Waals surface area (Å²) in [6, 6.07) is 0. The Morgan fingerprint density at radius 2 is 1.84 bits per heavy atom. The molecule has 0 atom stereocenters. The fraction of sp³-hybridized carbons (Fsp3) is 0.429. The van der Waals surface area contributed by atoms with Gasteiger partial charge < -0.3 is 10.6 Å². The molecule has 0 radical (unpaired) electrons. The molecule has 2 heterocycles. The Morgan fingerprint density at radius 1 is 1.11 bits per heavy atom. The fourth-order valence-corrected chi connectivity index (χ4v) is 2.82. The lowest BCUT2D eigenvalue weighted by Crippen LogP contribution is -2.09. The van der Waals surface area contributed by atoms with E-state index in [4.69, 9.17) is 0 Å². The number of hydrogen-bond donors (Lipinski definition) is 2. The number of aromatic nitrogens is 2. The summed E-state index contributed by atoms with van der Waals surface area (Å²) in [5, 5.41) is 11.1. The molecule has 0 saturated carbocycles. The van der Waals surface area contributed by atoms with Gasteiger partial charge in [-0.2, -0.15) is 11.3 Å². The lowest BCUT2D eigenvalue weighted by atomic mass is 10.2. The van der Waals surface area contributed by atoms with E-state index in [1.165, 1.54) is 11.1 Å². The number of rotatable bonds is 6. The van der Waals surface area contributed by atoms with E-state index >= 15 is 0 Å². The van der Waals surface area contributed by atoms with Crippen LogP contribution in [0.2, 0.25) is 0 Å². The van der Waals surface area contributed by atoms with Gasteiger partial charge in [-0.05, 0) is 42.2 Å². The molecule has 0 amide bonds. The summed E-state index contributed by atoms with van der Waals surface area (Å²) >= 11 is 1.74. The summed E-state index contributed by atoms with van der Waals surface area (Å²) in [4.78, 5) is 8.67. The molecule has 19 heavy (non-hydrogen) atoms. The van der Waals surface area contributed by atoms with Crippen LogP contribution in [0, 0.1) is 6.92 Å². The van der Waals surface area contributed by atoms with Gasteiger partial charge in [0, 0.05) is 18.7 Å². The normalized spacial score (nSPS) is 10.5. The van der Waals surface area contributed by atoms with Crippen LogP contribution >= 0.6 is 11.3 Å². The van der Waals surface area contributed by atoms with Crippen molar-refractivity contribution >= 4 is 23.0 Å². The molecule has 0 aromatic carbocycles. The highest BCUT2D eigenvalue weighted by Gasteiger charge is 2.09. The third-order valence-electron chi connectivity index (χ3n) is 3.05. The van der Waals surface area contributed by atoms with Crippen molar-refractivity contribution in [2.24, 2.45) is 0 Å². The van der Waals surface area contributed by atoms with Crippen LogP contribution in [-0.4, -0.2) is 16.5 Å². The molecule has 2 N–H and O–H groups in total. The molecule has 2 aromatic rings. The molecule has 5 heteroatoms. The van der Waals surface area contributed by atoms with E-state index in [0.717, 1.165) is 36.7 Å². The van der Waals surface area contributed by atoms with Crippen molar-refractivity contribution in [3.8, 4) is 0 Å². The highest BCUT2D eigenvalue weighted by molar-refractivity contribution is 7.08. The van der Waals surface area contributed by atoms with Gasteiger partial charge in [0.1, 0.15) is 18.0 Å². The number of anilines is 2. The van der Waals surface area contributed by atoms with E-state index in [2.05, 4.69) is 52.1 Å². The van der Waals surface area contributed by atoms with E-state index < -0.39 is 0 Å². The summed E-state index contributed by atoms with van der Waals surface area (Å²) in [5.41, 5.74) is 3.81. The Labute approximate surface area is 118 Å². The third-order valence-corrected chi connectivity index (χ3v) is 3.96. The van der Waals surface area contributed by atoms with Crippen LogP contribution in [0.15, 0.2) is 17.1 Å². The van der Waals surface area contributed by atoms with Gasteiger partial charge in [0.05, 0.1) is 0 Å². The Bertz CT molecular complexity index is 536. The number of thiophene rings is 1. The zero-order valence-electron chi connectivity index (χ0n) is 11.7. The van der Waals surface area contributed by atoms with E-state index in [9.17, 15) is 0 Å². The highest BCUT2D eigenvalue weighted by atomic mass is 32.1. The number of aryl methyl sites for hydroxylation is 1. The van der Waals surface area contributed by atoms with Crippen molar-refractivity contribution in [2.45, 2.75) is 33.7 Å². The summed E-state index contributed by atoms with van der Waals surface area (Å²) < 4.78 is 0. The van der Waals surface area contributed by atoms with Crippen LogP contribution in [0.5, 0.6) is 0 Å². The summed E-state index contributed by atoms with van der Waals surface area (Å²) in [6.07, 6.45) is 2.52. The average Bonchev–Trinajstić information content (AvgIpc) is 2.82. The van der Waals surface area contributed by atoms with Crippen LogP contribution in [0.3, 0.4) is 0 Å². The van der Waals surface area contributed by atoms with Crippen molar-refractivity contribution in [3.05, 3.63) is 33.8 Å². The number of hydrogen-bond acceptors (Lipinski definition) is 5. The van der Waals surface area contributed by atoms with Gasteiger partial charge in [-0.3, -0.25) is 0 Å². The van der Waals surface area contributed by atoms with Gasteiger partial charge in [-0.1, -0.05) is 6.92 Å². The van der Waals surface area contributed by atoms with Gasteiger partial charge in [-0.15, -0.1) is 0 Å². The topological polar surface area (TPSA) is 49.8 Å². The van der Waals surface area contributed by atoms with Gasteiger partial charge in [0.25, 0.3) is 0 Å². The molecular weight excluding hydrogens is 256 g/mol. The van der Waals surface area contributed by atoms with Crippen molar-refractivity contribution in [1.29, 1.82) is 0 Å². The zero-order chi connectivity index (χ0) is 13.7. The number of nitrogens with one attached hydrogen (secondary N) is 2. The lowest BCUT2D eigenvalue weighted by Gasteiger charge is -2.13. The van der Waals surface area contributed by atoms with Crippen molar-refractivity contribution in [3.63, 3.8) is 0 Å². The molecule has 0 unspecified atom stereocenters. The Morgan fingerprint density at radius 3 is 2.42 bits per heavy atom. The minimum absolute atomic E-state index is 0.810. The predicted molar refractivity (Wildman–Crippen MR) is 82.0 cm³/mol. The van der Waals surface area contributed by atoms with Gasteiger partial charge in [0.2, 0.25) is 0 Å². The fourth-order valence-electron chi connectivity index (χ4n) is 1.97. The zero-order valence-corrected chi connectivity index (χ0v) is 12.5. The minimum Gasteiger partial charge on any atom is -0.370 e. The third kappa shape index (κ3) is 3.23. The molecule has 2 aromatic heterocycles. The summed E-state index contributed by atoms with van der Waals surface area (Å²) in [5.74, 6) is 1.86. The lowest BCUT2D eigenvalue weighted by molar-refractivity contribution is 0.998. The SMILES string of the molecule is CCNc1ncnc(NCc2cscc2C)c1CC. The highest BCUT2D eigenvalue weighted by Crippen LogP contribution is 2.22. The van der Waals surface area contributed by atoms with Crippen LogP contribution < -0.4 is 10.6 Å². The molecule has 0 aliphatic carbocycles. The molecule has 2 rings (SSSR count). The molecule has 0 spiro atoms. The first-order chi connectivity index (χ1) is 9.26. The van der Waals surface area contributed by atoms with Crippen LogP contribution in [0.25, 0.3) is 0 Å². The molecule has 0 fully saturated rings. The maximum Gasteiger partial charge on any atom is 0.134 e. The van der Waals surface area contributed by atoms with Crippen LogP contribution in [0.1, 0.15) is 30.5 Å². The summed E-state index contributed by atoms with van der Waals surface area (Å²) in [6.45, 7) is 8.01. The second-order valence-corrected chi connectivity index (χ2v) is 5.11. The molecule has 102 valence electrons. The van der Waals surface area contributed by atoms with E-state index in [1.54, 1.807) is 17.7 Å².